The zero-order chi connectivity index (χ0) is 21.5. The summed E-state index contributed by atoms with van der Waals surface area (Å²) in [6, 6.07) is 9.64. The molecule has 160 valence electrons. The number of ketones is 1. The first-order valence-corrected chi connectivity index (χ1v) is 11.3. The largest absolute Gasteiger partial charge is 0.497 e. The van der Waals surface area contributed by atoms with Gasteiger partial charge >= 0.3 is 0 Å². The number of fused-ring (bicyclic) bond motifs is 1. The Hall–Kier alpha value is -2.29. The Morgan fingerprint density at radius 1 is 1.07 bits per heavy atom. The van der Waals surface area contributed by atoms with Gasteiger partial charge in [0.2, 0.25) is 10.0 Å². The molecule has 2 aliphatic rings. The second-order valence-electron chi connectivity index (χ2n) is 7.45. The van der Waals surface area contributed by atoms with E-state index in [1.165, 1.54) is 23.5 Å². The Kier molecular flexibility index (Phi) is 5.42. The number of nitrogens with zero attached hydrogens (tertiary/aromatic N) is 1. The molecular formula is C21H22ClNO6S. The molecule has 2 aromatic rings. The second kappa shape index (κ2) is 7.76. The molecule has 30 heavy (non-hydrogen) atoms. The number of carbonyl (C=O) groups is 1. The zero-order valence-corrected chi connectivity index (χ0v) is 18.3. The Morgan fingerprint density at radius 3 is 2.47 bits per heavy atom. The van der Waals surface area contributed by atoms with Crippen LogP contribution in [0.25, 0.3) is 0 Å². The summed E-state index contributed by atoms with van der Waals surface area (Å²) in [6.45, 7) is 0.454. The first-order chi connectivity index (χ1) is 14.3. The molecule has 1 saturated heterocycles. The number of methoxy groups -OCH3 is 2. The van der Waals surface area contributed by atoms with E-state index < -0.39 is 15.6 Å². The Labute approximate surface area is 180 Å². The van der Waals surface area contributed by atoms with Crippen LogP contribution < -0.4 is 14.2 Å². The van der Waals surface area contributed by atoms with Crippen molar-refractivity contribution in [3.63, 3.8) is 0 Å². The van der Waals surface area contributed by atoms with Crippen molar-refractivity contribution in [2.75, 3.05) is 27.3 Å². The van der Waals surface area contributed by atoms with Crippen LogP contribution in [0.1, 0.15) is 29.6 Å². The maximum absolute atomic E-state index is 13.2. The number of rotatable bonds is 4. The summed E-state index contributed by atoms with van der Waals surface area (Å²) < 4.78 is 44.5. The fraction of sp³-hybridized carbons (Fsp3) is 0.381. The summed E-state index contributed by atoms with van der Waals surface area (Å²) in [6.07, 6.45) is 1.02. The van der Waals surface area contributed by atoms with Crippen LogP contribution in [0.3, 0.4) is 0 Å². The molecule has 0 atom stereocenters. The first kappa shape index (κ1) is 21.0. The molecule has 2 heterocycles. The predicted molar refractivity (Wildman–Crippen MR) is 111 cm³/mol. The highest BCUT2D eigenvalue weighted by molar-refractivity contribution is 7.89. The van der Waals surface area contributed by atoms with Gasteiger partial charge in [0.15, 0.2) is 5.78 Å². The van der Waals surface area contributed by atoms with Crippen molar-refractivity contribution < 1.29 is 27.4 Å². The van der Waals surface area contributed by atoms with E-state index in [1.54, 1.807) is 31.4 Å². The van der Waals surface area contributed by atoms with Gasteiger partial charge in [-0.1, -0.05) is 11.6 Å². The van der Waals surface area contributed by atoms with Crippen LogP contribution in [-0.4, -0.2) is 51.4 Å². The molecule has 0 aromatic heterocycles. The van der Waals surface area contributed by atoms with Crippen LogP contribution in [0.15, 0.2) is 41.3 Å². The van der Waals surface area contributed by atoms with Gasteiger partial charge in [0.25, 0.3) is 0 Å². The lowest BCUT2D eigenvalue weighted by atomic mass is 9.83. The highest BCUT2D eigenvalue weighted by Crippen LogP contribution is 2.42. The lowest BCUT2D eigenvalue weighted by Gasteiger charge is -2.43. The topological polar surface area (TPSA) is 82.1 Å². The molecule has 0 N–H and O–H groups in total. The number of sulfonamides is 1. The van der Waals surface area contributed by atoms with Crippen molar-refractivity contribution in [2.24, 2.45) is 0 Å². The van der Waals surface area contributed by atoms with Gasteiger partial charge < -0.3 is 14.2 Å². The number of halogens is 1. The quantitative estimate of drug-likeness (QED) is 0.707. The number of piperidine rings is 1. The first-order valence-electron chi connectivity index (χ1n) is 9.52. The van der Waals surface area contributed by atoms with Crippen molar-refractivity contribution in [2.45, 2.75) is 29.8 Å². The summed E-state index contributed by atoms with van der Waals surface area (Å²) >= 11 is 6.02. The van der Waals surface area contributed by atoms with E-state index in [-0.39, 0.29) is 35.9 Å². The van der Waals surface area contributed by atoms with Crippen LogP contribution in [0, 0.1) is 0 Å². The van der Waals surface area contributed by atoms with E-state index in [2.05, 4.69) is 0 Å². The molecule has 2 aliphatic heterocycles. The number of hydrogen-bond acceptors (Lipinski definition) is 6. The Bertz CT molecular complexity index is 1090. The van der Waals surface area contributed by atoms with Gasteiger partial charge in [-0.2, -0.15) is 4.31 Å². The third-order valence-electron chi connectivity index (χ3n) is 5.68. The maximum Gasteiger partial charge on any atom is 0.246 e. The zero-order valence-electron chi connectivity index (χ0n) is 16.7. The number of carbonyl (C=O) groups excluding carboxylic acids is 1. The standard InChI is InChI=1S/C21H22ClNO6S/c1-27-15-4-5-16-17(24)13-21(29-19(16)12-15)7-9-23(10-8-21)30(25,26)20-11-14(22)3-6-18(20)28-2/h3-6,11-12H,7-10,13H2,1-2H3. The minimum Gasteiger partial charge on any atom is -0.497 e. The molecule has 2 aromatic carbocycles. The Balaban J connectivity index is 1.57. The molecule has 0 unspecified atom stereocenters. The van der Waals surface area contributed by atoms with Gasteiger partial charge in [0.1, 0.15) is 27.7 Å². The second-order valence-corrected chi connectivity index (χ2v) is 9.79. The summed E-state index contributed by atoms with van der Waals surface area (Å²) in [5.41, 5.74) is -0.193. The van der Waals surface area contributed by atoms with Crippen LogP contribution >= 0.6 is 11.6 Å². The number of ether oxygens (including phenoxy) is 3. The molecule has 9 heteroatoms. The Morgan fingerprint density at radius 2 is 1.80 bits per heavy atom. The third-order valence-corrected chi connectivity index (χ3v) is 7.83. The van der Waals surface area contributed by atoms with Gasteiger partial charge in [0, 0.05) is 37.0 Å². The van der Waals surface area contributed by atoms with Crippen molar-refractivity contribution >= 4 is 27.4 Å². The van der Waals surface area contributed by atoms with Gasteiger partial charge in [-0.05, 0) is 30.3 Å². The lowest BCUT2D eigenvalue weighted by molar-refractivity contribution is 0.00577. The van der Waals surface area contributed by atoms with Crippen molar-refractivity contribution in [1.29, 1.82) is 0 Å². The third kappa shape index (κ3) is 3.64. The average Bonchev–Trinajstić information content (AvgIpc) is 2.73. The van der Waals surface area contributed by atoms with Crippen LogP contribution in [0.4, 0.5) is 0 Å². The van der Waals surface area contributed by atoms with E-state index >= 15 is 0 Å². The van der Waals surface area contributed by atoms with Gasteiger partial charge in [0.05, 0.1) is 26.2 Å². The summed E-state index contributed by atoms with van der Waals surface area (Å²) in [5, 5.41) is 0.314. The monoisotopic (exact) mass is 451 g/mol. The smallest absolute Gasteiger partial charge is 0.246 e. The molecule has 0 aliphatic carbocycles. The van der Waals surface area contributed by atoms with Crippen molar-refractivity contribution in [3.05, 3.63) is 47.0 Å². The summed E-state index contributed by atoms with van der Waals surface area (Å²) in [7, 11) is -0.835. The van der Waals surface area contributed by atoms with Gasteiger partial charge in [-0.25, -0.2) is 8.42 Å². The van der Waals surface area contributed by atoms with Crippen molar-refractivity contribution in [1.82, 2.24) is 4.31 Å². The van der Waals surface area contributed by atoms with E-state index in [9.17, 15) is 13.2 Å². The summed E-state index contributed by atoms with van der Waals surface area (Å²) in [4.78, 5) is 12.7. The fourth-order valence-corrected chi connectivity index (χ4v) is 5.87. The number of hydrogen-bond donors (Lipinski definition) is 0. The van der Waals surface area contributed by atoms with Gasteiger partial charge in [-0.15, -0.1) is 0 Å². The molecule has 0 bridgehead atoms. The fourth-order valence-electron chi connectivity index (χ4n) is 4.01. The molecule has 0 radical (unpaired) electrons. The van der Waals surface area contributed by atoms with E-state index in [1.807, 2.05) is 0 Å². The molecule has 4 rings (SSSR count). The molecule has 1 fully saturated rings. The minimum atomic E-state index is -3.80. The maximum atomic E-state index is 13.2. The van der Waals surface area contributed by atoms with Crippen LogP contribution in [0.2, 0.25) is 5.02 Å². The van der Waals surface area contributed by atoms with Crippen LogP contribution in [-0.2, 0) is 10.0 Å². The molecule has 1 spiro atoms. The van der Waals surface area contributed by atoms with E-state index in [0.717, 1.165) is 0 Å². The molecule has 7 nitrogen and oxygen atoms in total. The average molecular weight is 452 g/mol. The number of Topliss-reactive ketones (excluding diaryl/α,β-unsaturated/α-hetero) is 1. The van der Waals surface area contributed by atoms with Gasteiger partial charge in [-0.3, -0.25) is 4.79 Å². The predicted octanol–water partition coefficient (Wildman–Crippen LogP) is 3.55. The normalized spacial score (nSPS) is 18.6. The van der Waals surface area contributed by atoms with E-state index in [4.69, 9.17) is 25.8 Å². The highest BCUT2D eigenvalue weighted by atomic mass is 35.5. The van der Waals surface area contributed by atoms with E-state index in [0.29, 0.717) is 34.9 Å². The molecule has 0 amide bonds. The highest BCUT2D eigenvalue weighted by Gasteiger charge is 2.45. The van der Waals surface area contributed by atoms with Crippen LogP contribution in [0.5, 0.6) is 17.2 Å². The number of benzene rings is 2. The minimum absolute atomic E-state index is 0.00767. The van der Waals surface area contributed by atoms with Crippen molar-refractivity contribution in [3.8, 4) is 17.2 Å². The SMILES string of the molecule is COc1ccc2c(c1)OC1(CCN(S(=O)(=O)c3cc(Cl)ccc3OC)CC1)CC2=O. The molecular weight excluding hydrogens is 430 g/mol. The lowest BCUT2D eigenvalue weighted by Crippen LogP contribution is -2.52. The summed E-state index contributed by atoms with van der Waals surface area (Å²) in [5.74, 6) is 1.32. The molecule has 0 saturated carbocycles.